The number of nitrogens with zero attached hydrogens (tertiary/aromatic N) is 7. The number of benzene rings is 6. The summed E-state index contributed by atoms with van der Waals surface area (Å²) >= 11 is 9.96. The zero-order valence-corrected chi connectivity index (χ0v) is 68.2. The van der Waals surface area contributed by atoms with E-state index in [1.54, 1.807) is 64.5 Å². The number of isothiocyanates is 1. The molecule has 12 atom stereocenters. The number of fused-ring (bicyclic) bond motifs is 14. The van der Waals surface area contributed by atoms with E-state index in [2.05, 4.69) is 127 Å². The molecule has 2 amide bonds. The number of para-hydroxylation sites is 2. The second kappa shape index (κ2) is 38.7. The largest absolute Gasteiger partial charge is 0.504 e. The van der Waals surface area contributed by atoms with Gasteiger partial charge in [0.05, 0.1) is 67.4 Å². The molecule has 0 radical (unpaired) electrons. The Labute approximate surface area is 679 Å². The highest BCUT2D eigenvalue weighted by molar-refractivity contribution is 7.80. The van der Waals surface area contributed by atoms with Crippen LogP contribution in [-0.2, 0) is 35.3 Å². The monoisotopic (exact) mass is 1580 g/mol. The highest BCUT2D eigenvalue weighted by atomic mass is 32.1. The first-order valence-electron chi connectivity index (χ1n) is 37.9. The number of aliphatic imine (C=N–C) groups is 1. The summed E-state index contributed by atoms with van der Waals surface area (Å²) in [5.41, 5.74) is 17.5. The fraction of sp³-hybridized carbons (Fsp3) is 0.386. The lowest BCUT2D eigenvalue weighted by atomic mass is 9.71. The molecule has 6 heterocycles. The van der Waals surface area contributed by atoms with Gasteiger partial charge in [0.25, 0.3) is 0 Å². The number of anilines is 1. The van der Waals surface area contributed by atoms with Crippen molar-refractivity contribution >= 4 is 57.9 Å². The number of nitrogens with two attached hydrogens (primary N) is 1. The number of likely N-dealkylation sites (N-methyl/N-ethyl adjacent to an activating group) is 2. The van der Waals surface area contributed by atoms with Gasteiger partial charge in [0.15, 0.2) is 51.1 Å². The maximum Gasteiger partial charge on any atom is 0.242 e. The quantitative estimate of drug-likeness (QED) is 0.0130. The molecule has 6 aliphatic rings. The topological polar surface area (TPSA) is 295 Å². The highest BCUT2D eigenvalue weighted by Gasteiger charge is 2.59. The Hall–Kier alpha value is -11.0. The lowest BCUT2D eigenvalue weighted by Gasteiger charge is -2.60. The summed E-state index contributed by atoms with van der Waals surface area (Å²) in [6.07, 6.45) is 11.9. The molecular weight excluding hydrogens is 1480 g/mol. The van der Waals surface area contributed by atoms with E-state index in [9.17, 15) is 30.3 Å². The van der Waals surface area contributed by atoms with Crippen LogP contribution in [0.25, 0.3) is 0 Å². The third-order valence-electron chi connectivity index (χ3n) is 21.8. The number of piperazine rings is 2. The van der Waals surface area contributed by atoms with Crippen molar-refractivity contribution in [2.24, 2.45) is 10.7 Å². The van der Waals surface area contributed by atoms with Crippen molar-refractivity contribution in [3.63, 3.8) is 0 Å². The summed E-state index contributed by atoms with van der Waals surface area (Å²) in [5.74, 6) is 3.60. The van der Waals surface area contributed by atoms with Gasteiger partial charge < -0.3 is 75.1 Å². The summed E-state index contributed by atoms with van der Waals surface area (Å²) in [5, 5.41) is 60.7. The molecule has 6 aliphatic heterocycles. The summed E-state index contributed by atoms with van der Waals surface area (Å²) in [7, 11) is 7.14. The van der Waals surface area contributed by atoms with Crippen LogP contribution in [0.2, 0.25) is 0 Å². The van der Waals surface area contributed by atoms with E-state index in [0.29, 0.717) is 76.8 Å². The number of phenols is 2. The maximum atomic E-state index is 14.0. The van der Waals surface area contributed by atoms with E-state index in [1.165, 1.54) is 0 Å². The number of methoxy groups -OCH3 is 2. The summed E-state index contributed by atoms with van der Waals surface area (Å²) < 4.78 is 49.8. The van der Waals surface area contributed by atoms with Crippen molar-refractivity contribution in [2.75, 3.05) is 86.4 Å². The summed E-state index contributed by atoms with van der Waals surface area (Å²) in [4.78, 5) is 39.6. The van der Waals surface area contributed by atoms with E-state index >= 15 is 0 Å². The van der Waals surface area contributed by atoms with Crippen LogP contribution >= 0.6 is 24.4 Å². The first-order chi connectivity index (χ1) is 55.0. The molecule has 2 saturated heterocycles. The van der Waals surface area contributed by atoms with Crippen molar-refractivity contribution in [2.45, 2.75) is 140 Å². The molecule has 0 saturated carbocycles. The fourth-order valence-electron chi connectivity index (χ4n) is 17.2. The molecule has 114 heavy (non-hydrogen) atoms. The van der Waals surface area contributed by atoms with Gasteiger partial charge in [0, 0.05) is 87.5 Å². The van der Waals surface area contributed by atoms with Crippen LogP contribution in [0.4, 0.5) is 11.4 Å². The number of nitriles is 2. The molecule has 0 unspecified atom stereocenters. The van der Waals surface area contributed by atoms with E-state index < -0.39 is 36.3 Å². The van der Waals surface area contributed by atoms with E-state index in [0.717, 1.165) is 78.1 Å². The molecule has 0 spiro atoms. The van der Waals surface area contributed by atoms with Gasteiger partial charge >= 0.3 is 0 Å². The fourth-order valence-corrected chi connectivity index (χ4v) is 17.6. The molecule has 0 aromatic heterocycles. The molecule has 600 valence electrons. The molecule has 12 rings (SSSR count). The Balaban J connectivity index is 0.000000219. The number of aryl methyl sites for hydroxylation is 2. The van der Waals surface area contributed by atoms with E-state index in [1.807, 2.05) is 102 Å². The van der Waals surface area contributed by atoms with Crippen LogP contribution in [0.1, 0.15) is 105 Å². The minimum atomic E-state index is -0.741. The molecule has 8 N–H and O–H groups in total. The molecular formula is C88H104N12O12S2. The third-order valence-corrected chi connectivity index (χ3v) is 22.2. The van der Waals surface area contributed by atoms with Crippen LogP contribution < -0.4 is 64.9 Å². The molecule has 4 bridgehead atoms. The number of hydrogen-bond acceptors (Lipinski definition) is 22. The first kappa shape index (κ1) is 85.4. The van der Waals surface area contributed by atoms with Crippen LogP contribution in [0.3, 0.4) is 0 Å². The lowest BCUT2D eigenvalue weighted by molar-refractivity contribution is -0.124. The summed E-state index contributed by atoms with van der Waals surface area (Å²) in [6, 6.07) is 22.8. The Morgan fingerprint density at radius 3 is 1.32 bits per heavy atom. The Morgan fingerprint density at radius 1 is 0.570 bits per heavy atom. The predicted octanol–water partition coefficient (Wildman–Crippen LogP) is 12.3. The number of ether oxygens (including phenoxy) is 8. The number of aromatic hydroxyl groups is 2. The van der Waals surface area contributed by atoms with E-state index in [-0.39, 0.29) is 112 Å². The zero-order chi connectivity index (χ0) is 82.4. The Morgan fingerprint density at radius 2 is 0.947 bits per heavy atom. The van der Waals surface area contributed by atoms with Crippen molar-refractivity contribution in [1.29, 1.82) is 10.5 Å². The third kappa shape index (κ3) is 17.2. The average Bonchev–Trinajstić information content (AvgIpc) is 0.703. The number of amides is 2. The number of hydrogen-bond donors (Lipinski definition) is 7. The second-order valence-electron chi connectivity index (χ2n) is 28.8. The minimum Gasteiger partial charge on any atom is -0.504 e. The van der Waals surface area contributed by atoms with Gasteiger partial charge in [0.1, 0.15) is 69.3 Å². The maximum absolute atomic E-state index is 14.0. The average molecular weight is 1590 g/mol. The smallest absolute Gasteiger partial charge is 0.242 e. The number of thiocarbonyl (C=S) groups is 2. The second-order valence-corrected chi connectivity index (χ2v) is 29.4. The van der Waals surface area contributed by atoms with Crippen molar-refractivity contribution < 1.29 is 57.7 Å². The minimum absolute atomic E-state index is 0.0938. The van der Waals surface area contributed by atoms with Gasteiger partial charge in [-0.2, -0.15) is 15.5 Å². The van der Waals surface area contributed by atoms with Crippen molar-refractivity contribution in [1.82, 2.24) is 35.6 Å². The normalized spacial score (nSPS) is 21.1. The zero-order valence-electron chi connectivity index (χ0n) is 66.5. The number of carbonyl (C=O) groups excluding carboxylic acids is 2. The number of rotatable bonds is 29. The molecule has 26 heteroatoms. The predicted molar refractivity (Wildman–Crippen MR) is 450 cm³/mol. The number of carbonyl (C=O) groups is 2. The van der Waals surface area contributed by atoms with Crippen LogP contribution in [0, 0.1) is 50.4 Å². The van der Waals surface area contributed by atoms with Gasteiger partial charge in [-0.05, 0) is 152 Å². The van der Waals surface area contributed by atoms with Gasteiger partial charge in [-0.1, -0.05) is 124 Å². The Kier molecular flexibility index (Phi) is 29.0. The summed E-state index contributed by atoms with van der Waals surface area (Å²) in [6.45, 7) is 35.8. The first-order valence-corrected chi connectivity index (χ1v) is 38.7. The SMILES string of the molecule is C=CCOc1c(C)c(OCC=C)c(OCC=C)c2c1C[C@H]1[C@H]3c4c(cc(C)c(OC)c4O)C[C@@H]([C@H](C#N)N1[C@H]2CNC(=O)[C@H](C)N)N3C.C=CCOc1c(C)c(OCC=C)c(OCC=C)c2c1C[C@H]1[C@H]3c4c(cc(C)c(OC)c4O)C[C@@H]([C@H](C#N)N1[C@H]2CNC(=O)[C@H](C)NC(=S)Nc1ccccc1)N3C.S=C=Nc1ccccc1. The standard InChI is InChI=1S/C44H52N6O6S.C37H47N5O6.C7H5NS/c1-9-17-54-40-26(5)41(55-18-10-2)42(56-19-11-3)36-30(40)22-32-37-35-28(20-25(4)39(53-8)38(35)51)21-31(49(37)7)33(23-45)50(32)34(36)24-46-43(52)27(6)47-44(57)48-29-15-13-12-14-16-29;1-9-12-46-34-21(5)35(47-13-10-2)36(48-14-11-3)30-24(34)17-26-31-29-23(15-20(4)33(45-8)32(29)43)16-25(41(31)7)27(18-38)42(26)28(30)19-40-37(44)22(6)39;9-6-8-7-4-2-1-3-5-7/h9-16,20,27,31-34,37,51H,1-3,17-19,21-22,24H2,4-8H3,(H,46,52)(H2,47,48,57);9-11,15,22,25-28,31,43H,1-3,12-14,16-17,19,39H2,4-8H3,(H,40,44);1-5H/t27-,31-,32-,33-,34-,37-;22-,25-,26-,27-,28-,31-;/m00./s1. The molecule has 24 nitrogen and oxygen atoms in total. The van der Waals surface area contributed by atoms with Crippen LogP contribution in [0.5, 0.6) is 57.5 Å². The van der Waals surface area contributed by atoms with Gasteiger partial charge in [-0.15, -0.1) is 0 Å². The van der Waals surface area contributed by atoms with Crippen molar-refractivity contribution in [3.8, 4) is 69.6 Å². The molecule has 2 fully saturated rings. The Bertz CT molecular complexity index is 4750. The number of phenolic OH excluding ortho intramolecular Hbond substituents is 2. The van der Waals surface area contributed by atoms with E-state index in [4.69, 9.17) is 55.8 Å². The van der Waals surface area contributed by atoms with Crippen molar-refractivity contribution in [3.05, 3.63) is 215 Å². The number of nitrogens with one attached hydrogen (secondary N) is 4. The highest BCUT2D eigenvalue weighted by Crippen LogP contribution is 2.60. The molecule has 0 aliphatic carbocycles. The van der Waals surface area contributed by atoms with Gasteiger partial charge in [0.2, 0.25) is 11.8 Å². The van der Waals surface area contributed by atoms with Gasteiger partial charge in [-0.3, -0.25) is 29.2 Å². The van der Waals surface area contributed by atoms with Crippen LogP contribution in [0.15, 0.2) is 154 Å². The lowest BCUT2D eigenvalue weighted by Crippen LogP contribution is -2.69. The van der Waals surface area contributed by atoms with Crippen LogP contribution in [-0.4, -0.2) is 181 Å². The molecule has 6 aromatic rings. The molecule has 6 aromatic carbocycles. The van der Waals surface area contributed by atoms with Gasteiger partial charge in [-0.25, -0.2) is 0 Å².